The van der Waals surface area contributed by atoms with Crippen molar-refractivity contribution >= 4 is 5.69 Å². The molecular weight excluding hydrogens is 219 g/mol. The maximum absolute atomic E-state index is 13.1. The molecule has 0 aromatic heterocycles. The molecule has 1 saturated carbocycles. The first-order valence-corrected chi connectivity index (χ1v) is 6.08. The summed E-state index contributed by atoms with van der Waals surface area (Å²) in [6.45, 7) is 2.93. The van der Waals surface area contributed by atoms with Gasteiger partial charge in [-0.1, -0.05) is 12.1 Å². The van der Waals surface area contributed by atoms with E-state index in [1.807, 2.05) is 6.07 Å². The summed E-state index contributed by atoms with van der Waals surface area (Å²) < 4.78 is 18.6. The van der Waals surface area contributed by atoms with Crippen LogP contribution in [0.2, 0.25) is 0 Å². The highest BCUT2D eigenvalue weighted by Crippen LogP contribution is 2.28. The Morgan fingerprint density at radius 3 is 3.00 bits per heavy atom. The van der Waals surface area contributed by atoms with Crippen molar-refractivity contribution < 1.29 is 9.13 Å². The van der Waals surface area contributed by atoms with Gasteiger partial charge in [0, 0.05) is 19.7 Å². The highest BCUT2D eigenvalue weighted by molar-refractivity contribution is 5.47. The van der Waals surface area contributed by atoms with Crippen LogP contribution in [0.5, 0.6) is 0 Å². The number of rotatable bonds is 7. The molecule has 1 aromatic carbocycles. The third-order valence-electron chi connectivity index (χ3n) is 2.93. The number of hydrogen-bond acceptors (Lipinski definition) is 3. The molecule has 4 heteroatoms. The molecule has 0 atom stereocenters. The average Bonchev–Trinajstić information content (AvgIpc) is 3.12. The van der Waals surface area contributed by atoms with Gasteiger partial charge >= 0.3 is 0 Å². The van der Waals surface area contributed by atoms with Crippen molar-refractivity contribution in [3.63, 3.8) is 0 Å². The zero-order chi connectivity index (χ0) is 12.1. The Morgan fingerprint density at radius 1 is 1.41 bits per heavy atom. The van der Waals surface area contributed by atoms with Gasteiger partial charge in [-0.3, -0.25) is 0 Å². The second-order valence-electron chi connectivity index (χ2n) is 4.51. The van der Waals surface area contributed by atoms with Crippen molar-refractivity contribution in [1.29, 1.82) is 0 Å². The Kier molecular flexibility index (Phi) is 4.34. The molecule has 3 N–H and O–H groups in total. The molecule has 3 nitrogen and oxygen atoms in total. The summed E-state index contributed by atoms with van der Waals surface area (Å²) in [6.07, 6.45) is 2.63. The molecule has 1 aliphatic rings. The summed E-state index contributed by atoms with van der Waals surface area (Å²) in [5, 5.41) is 3.19. The molecule has 0 aliphatic heterocycles. The van der Waals surface area contributed by atoms with Crippen molar-refractivity contribution in [3.8, 4) is 0 Å². The lowest BCUT2D eigenvalue weighted by atomic mass is 10.2. The van der Waals surface area contributed by atoms with Crippen molar-refractivity contribution in [2.24, 2.45) is 5.92 Å². The summed E-state index contributed by atoms with van der Waals surface area (Å²) in [5.41, 5.74) is 6.66. The number of benzene rings is 1. The fourth-order valence-electron chi connectivity index (χ4n) is 1.64. The van der Waals surface area contributed by atoms with Crippen molar-refractivity contribution in [2.75, 3.05) is 25.5 Å². The number of anilines is 1. The predicted molar refractivity (Wildman–Crippen MR) is 66.1 cm³/mol. The van der Waals surface area contributed by atoms with E-state index in [1.54, 1.807) is 6.07 Å². The summed E-state index contributed by atoms with van der Waals surface area (Å²) in [7, 11) is 0. The van der Waals surface area contributed by atoms with E-state index in [9.17, 15) is 4.39 Å². The fourth-order valence-corrected chi connectivity index (χ4v) is 1.64. The van der Waals surface area contributed by atoms with Crippen LogP contribution in [0.3, 0.4) is 0 Å². The highest BCUT2D eigenvalue weighted by Gasteiger charge is 2.20. The zero-order valence-electron chi connectivity index (χ0n) is 9.92. The third-order valence-corrected chi connectivity index (χ3v) is 2.93. The minimum absolute atomic E-state index is 0.235. The van der Waals surface area contributed by atoms with E-state index < -0.39 is 0 Å². The number of halogens is 1. The predicted octanol–water partition coefficient (Wildman–Crippen LogP) is 1.92. The number of nitrogens with one attached hydrogen (secondary N) is 1. The molecule has 2 rings (SSSR count). The van der Waals surface area contributed by atoms with Crippen molar-refractivity contribution in [1.82, 2.24) is 5.32 Å². The molecule has 94 valence electrons. The van der Waals surface area contributed by atoms with Crippen molar-refractivity contribution in [2.45, 2.75) is 19.4 Å². The quantitative estimate of drug-likeness (QED) is 0.563. The molecule has 0 amide bonds. The molecule has 0 bridgehead atoms. The van der Waals surface area contributed by atoms with Crippen LogP contribution in [0, 0.1) is 11.7 Å². The average molecular weight is 238 g/mol. The second kappa shape index (κ2) is 5.98. The molecule has 0 spiro atoms. The van der Waals surface area contributed by atoms with Crippen LogP contribution in [0.4, 0.5) is 10.1 Å². The van der Waals surface area contributed by atoms with E-state index in [2.05, 4.69) is 5.32 Å². The van der Waals surface area contributed by atoms with Crippen LogP contribution in [-0.4, -0.2) is 19.8 Å². The van der Waals surface area contributed by atoms with Gasteiger partial charge in [0.1, 0.15) is 5.82 Å². The first kappa shape index (κ1) is 12.3. The highest BCUT2D eigenvalue weighted by atomic mass is 19.1. The van der Waals surface area contributed by atoms with Gasteiger partial charge in [-0.25, -0.2) is 4.39 Å². The van der Waals surface area contributed by atoms with Crippen LogP contribution in [0.25, 0.3) is 0 Å². The Bertz CT molecular complexity index is 366. The Morgan fingerprint density at radius 2 is 2.24 bits per heavy atom. The van der Waals surface area contributed by atoms with Gasteiger partial charge in [0.15, 0.2) is 0 Å². The van der Waals surface area contributed by atoms with E-state index >= 15 is 0 Å². The Balaban J connectivity index is 1.61. The SMILES string of the molecule is Nc1c(F)cccc1CNCCOCC1CC1. The standard InChI is InChI=1S/C13H19FN2O/c14-12-3-1-2-11(13(12)15)8-16-6-7-17-9-10-4-5-10/h1-3,10,16H,4-9,15H2. The lowest BCUT2D eigenvalue weighted by Crippen LogP contribution is -2.20. The van der Waals surface area contributed by atoms with E-state index in [4.69, 9.17) is 10.5 Å². The maximum atomic E-state index is 13.1. The molecule has 0 radical (unpaired) electrons. The number of para-hydroxylation sites is 1. The topological polar surface area (TPSA) is 47.3 Å². The Hall–Kier alpha value is -1.13. The molecule has 0 unspecified atom stereocenters. The number of nitrogens with two attached hydrogens (primary N) is 1. The van der Waals surface area contributed by atoms with Gasteiger partial charge in [-0.2, -0.15) is 0 Å². The molecule has 0 heterocycles. The van der Waals surface area contributed by atoms with Gasteiger partial charge in [0.25, 0.3) is 0 Å². The minimum atomic E-state index is -0.353. The smallest absolute Gasteiger partial charge is 0.146 e. The van der Waals surface area contributed by atoms with Crippen molar-refractivity contribution in [3.05, 3.63) is 29.6 Å². The number of ether oxygens (including phenoxy) is 1. The summed E-state index contributed by atoms with van der Waals surface area (Å²) in [6, 6.07) is 4.88. The second-order valence-corrected chi connectivity index (χ2v) is 4.51. The number of nitrogen functional groups attached to an aromatic ring is 1. The first-order valence-electron chi connectivity index (χ1n) is 6.08. The summed E-state index contributed by atoms with van der Waals surface area (Å²) in [4.78, 5) is 0. The Labute approximate surface area is 101 Å². The van der Waals surface area contributed by atoms with E-state index in [0.29, 0.717) is 13.2 Å². The molecule has 1 fully saturated rings. The van der Waals surface area contributed by atoms with E-state index in [-0.39, 0.29) is 11.5 Å². The van der Waals surface area contributed by atoms with Gasteiger partial charge in [-0.05, 0) is 30.4 Å². The largest absolute Gasteiger partial charge is 0.396 e. The van der Waals surface area contributed by atoms with Crippen LogP contribution in [0.1, 0.15) is 18.4 Å². The fraction of sp³-hybridized carbons (Fsp3) is 0.538. The van der Waals surface area contributed by atoms with Gasteiger partial charge < -0.3 is 15.8 Å². The lowest BCUT2D eigenvalue weighted by Gasteiger charge is -2.08. The number of hydrogen-bond donors (Lipinski definition) is 2. The van der Waals surface area contributed by atoms with Crippen LogP contribution in [0.15, 0.2) is 18.2 Å². The lowest BCUT2D eigenvalue weighted by molar-refractivity contribution is 0.126. The molecule has 1 aromatic rings. The third kappa shape index (κ3) is 3.98. The molecule has 17 heavy (non-hydrogen) atoms. The zero-order valence-corrected chi connectivity index (χ0v) is 9.92. The maximum Gasteiger partial charge on any atom is 0.146 e. The van der Waals surface area contributed by atoms with Crippen LogP contribution in [-0.2, 0) is 11.3 Å². The minimum Gasteiger partial charge on any atom is -0.396 e. The monoisotopic (exact) mass is 238 g/mol. The normalized spacial score (nSPS) is 15.1. The molecule has 0 saturated heterocycles. The molecular formula is C13H19FN2O. The van der Waals surface area contributed by atoms with Gasteiger partial charge in [0.2, 0.25) is 0 Å². The molecule has 1 aliphatic carbocycles. The summed E-state index contributed by atoms with van der Waals surface area (Å²) in [5.74, 6) is 0.447. The van der Waals surface area contributed by atoms with Crippen LogP contribution < -0.4 is 11.1 Å². The summed E-state index contributed by atoms with van der Waals surface area (Å²) >= 11 is 0. The van der Waals surface area contributed by atoms with Gasteiger partial charge in [-0.15, -0.1) is 0 Å². The van der Waals surface area contributed by atoms with E-state index in [1.165, 1.54) is 18.9 Å². The van der Waals surface area contributed by atoms with Gasteiger partial charge in [0.05, 0.1) is 12.3 Å². The van der Waals surface area contributed by atoms with Crippen LogP contribution >= 0.6 is 0 Å². The first-order chi connectivity index (χ1) is 8.27. The van der Waals surface area contributed by atoms with E-state index in [0.717, 1.165) is 24.6 Å².